The van der Waals surface area contributed by atoms with E-state index in [4.69, 9.17) is 9.47 Å². The molecule has 4 aliphatic heterocycles. The van der Waals surface area contributed by atoms with Gasteiger partial charge in [0.2, 0.25) is 17.4 Å². The molecule has 12 heteroatoms. The molecule has 0 unspecified atom stereocenters. The second-order valence-electron chi connectivity index (χ2n) is 17.9. The van der Waals surface area contributed by atoms with E-state index in [0.29, 0.717) is 74.2 Å². The van der Waals surface area contributed by atoms with Gasteiger partial charge in [-0.15, -0.1) is 0 Å². The van der Waals surface area contributed by atoms with Crippen molar-refractivity contribution in [3.63, 3.8) is 0 Å². The molecule has 336 valence electrons. The number of nitrogens with zero attached hydrogens (tertiary/aromatic N) is 3. The van der Waals surface area contributed by atoms with Gasteiger partial charge in [-0.25, -0.2) is 0 Å². The zero-order chi connectivity index (χ0) is 44.6. The lowest BCUT2D eigenvalue weighted by Crippen LogP contribution is -2.55. The Kier molecular flexibility index (Phi) is 14.1. The molecule has 4 saturated heterocycles. The lowest BCUT2D eigenvalue weighted by atomic mass is 9.72. The third-order valence-corrected chi connectivity index (χ3v) is 13.8. The van der Waals surface area contributed by atoms with Crippen LogP contribution in [-0.2, 0) is 43.9 Å². The zero-order valence-electron chi connectivity index (χ0n) is 36.8. The number of H-pyrrole nitrogens is 1. The first-order valence-corrected chi connectivity index (χ1v) is 22.9. The first kappa shape index (κ1) is 44.6. The number of nitrogens with one attached hydrogen (secondary N) is 1. The molecular formula is C52H60N4O8. The van der Waals surface area contributed by atoms with E-state index in [9.17, 15) is 29.4 Å². The van der Waals surface area contributed by atoms with Gasteiger partial charge in [0.15, 0.2) is 0 Å². The summed E-state index contributed by atoms with van der Waals surface area (Å²) < 4.78 is 11.8. The first-order chi connectivity index (χ1) is 31.1. The second kappa shape index (κ2) is 20.2. The number of carbonyl (C=O) groups excluding carboxylic acids is 3. The van der Waals surface area contributed by atoms with Crippen molar-refractivity contribution in [2.24, 2.45) is 5.92 Å². The Balaban J connectivity index is 0.850. The van der Waals surface area contributed by atoms with E-state index >= 15 is 0 Å². The van der Waals surface area contributed by atoms with Gasteiger partial charge in [-0.05, 0) is 110 Å². The molecule has 5 aromatic rings. The molecule has 0 aliphatic carbocycles. The number of aromatic amines is 1. The van der Waals surface area contributed by atoms with E-state index in [1.54, 1.807) is 19.2 Å². The van der Waals surface area contributed by atoms with Gasteiger partial charge < -0.3 is 34.5 Å². The van der Waals surface area contributed by atoms with Gasteiger partial charge in [0.05, 0.1) is 37.0 Å². The number of fused-ring (bicyclic) bond motifs is 4. The normalized spacial score (nSPS) is 19.5. The summed E-state index contributed by atoms with van der Waals surface area (Å²) in [6.45, 7) is 4.85. The van der Waals surface area contributed by atoms with Crippen LogP contribution in [0.5, 0.6) is 11.5 Å². The van der Waals surface area contributed by atoms with Gasteiger partial charge in [0.1, 0.15) is 17.6 Å². The number of rotatable bonds is 17. The number of likely N-dealkylation sites (tertiary alicyclic amines) is 1. The molecule has 0 radical (unpaired) electrons. The Morgan fingerprint density at radius 2 is 1.56 bits per heavy atom. The second-order valence-corrected chi connectivity index (χ2v) is 17.9. The molecule has 3 N–H and O–H groups in total. The summed E-state index contributed by atoms with van der Waals surface area (Å²) in [4.78, 5) is 62.3. The van der Waals surface area contributed by atoms with Crippen LogP contribution in [0.1, 0.15) is 85.3 Å². The number of carbonyl (C=O) groups is 3. The quantitative estimate of drug-likeness (QED) is 0.0674. The number of ether oxygens (including phenoxy) is 2. The van der Waals surface area contributed by atoms with Crippen molar-refractivity contribution in [3.05, 3.63) is 141 Å². The highest BCUT2D eigenvalue weighted by atomic mass is 16.5. The van der Waals surface area contributed by atoms with Gasteiger partial charge in [-0.3, -0.25) is 24.1 Å². The number of esters is 1. The number of aromatic hydroxyl groups is 1. The summed E-state index contributed by atoms with van der Waals surface area (Å²) in [5.74, 6) is 0.937. The first-order valence-electron chi connectivity index (χ1n) is 22.9. The van der Waals surface area contributed by atoms with Crippen LogP contribution in [0.3, 0.4) is 0 Å². The molecule has 2 bridgehead atoms. The van der Waals surface area contributed by atoms with Crippen molar-refractivity contribution in [1.82, 2.24) is 19.7 Å². The number of aliphatic hydroxyl groups is 1. The molecule has 4 fully saturated rings. The van der Waals surface area contributed by atoms with Crippen LogP contribution in [0, 0.1) is 5.92 Å². The number of hydrogen-bond acceptors (Lipinski definition) is 9. The average Bonchev–Trinajstić information content (AvgIpc) is 3.32. The molecule has 12 nitrogen and oxygen atoms in total. The fourth-order valence-electron chi connectivity index (χ4n) is 9.95. The fraction of sp³-hybridized carbons (Fsp3) is 0.423. The van der Waals surface area contributed by atoms with Crippen molar-refractivity contribution in [1.29, 1.82) is 0 Å². The van der Waals surface area contributed by atoms with E-state index in [0.717, 1.165) is 73.3 Å². The monoisotopic (exact) mass is 868 g/mol. The Hall–Kier alpha value is -5.98. The highest BCUT2D eigenvalue weighted by molar-refractivity contribution is 5.87. The highest BCUT2D eigenvalue weighted by Gasteiger charge is 2.47. The van der Waals surface area contributed by atoms with Gasteiger partial charge >= 0.3 is 5.97 Å². The Labute approximate surface area is 374 Å². The summed E-state index contributed by atoms with van der Waals surface area (Å²) in [7, 11) is 1.62. The van der Waals surface area contributed by atoms with E-state index in [1.165, 1.54) is 12.1 Å². The van der Waals surface area contributed by atoms with Crippen LogP contribution in [0.4, 0.5) is 0 Å². The van der Waals surface area contributed by atoms with E-state index < -0.39 is 11.5 Å². The minimum absolute atomic E-state index is 0.0148. The van der Waals surface area contributed by atoms with Gasteiger partial charge in [-0.1, -0.05) is 85.6 Å². The Bertz CT molecular complexity index is 2460. The summed E-state index contributed by atoms with van der Waals surface area (Å²) in [6, 6.07) is 31.5. The maximum absolute atomic E-state index is 14.1. The number of piperidine rings is 4. The standard InChI is InChI=1S/C52H60N4O8/c1-63-41-12-8-9-38(31-41)34-56(26-7-3-6-13-44(57)42-18-20-45(58)50-43(42)19-21-47(59)53-50)49(61)33-37-16-14-36(15-17-37)32-48(60)55-29-24-52(25-30-55,40-10-4-2-5-11-40)51(62)64-46-35-54-27-22-39(46)23-28-54/h2,4-5,8-12,14-21,31,39,44,46,57-58H,3,6-7,13,22-30,32-35H2,1H3,(H,53,59)/t44-,46-/m0/s1. The van der Waals surface area contributed by atoms with Crippen molar-refractivity contribution >= 4 is 28.7 Å². The minimum atomic E-state index is -0.782. The predicted octanol–water partition coefficient (Wildman–Crippen LogP) is 6.85. The number of unbranched alkanes of at least 4 members (excludes halogenated alkanes) is 2. The number of aliphatic hydroxyl groups excluding tert-OH is 1. The molecule has 4 aromatic carbocycles. The van der Waals surface area contributed by atoms with Crippen LogP contribution in [0.15, 0.2) is 108 Å². The molecular weight excluding hydrogens is 809 g/mol. The summed E-state index contributed by atoms with van der Waals surface area (Å²) in [6.07, 6.45) is 5.47. The summed E-state index contributed by atoms with van der Waals surface area (Å²) in [5, 5.41) is 21.9. The lowest BCUT2D eigenvalue weighted by molar-refractivity contribution is -0.168. The SMILES string of the molecule is COc1cccc(CN(CCCCC[C@H](O)c2ccc(O)c3[nH]c(=O)ccc23)C(=O)Cc2ccc(CC(=O)N3CCC(C(=O)O[C@H]4CN5CCC4CC5)(c4ccccc4)CC3)cc2)c1. The Morgan fingerprint density at radius 1 is 0.828 bits per heavy atom. The Morgan fingerprint density at radius 3 is 2.27 bits per heavy atom. The number of benzene rings is 4. The number of aromatic nitrogens is 1. The smallest absolute Gasteiger partial charge is 0.317 e. The van der Waals surface area contributed by atoms with Gasteiger partial charge in [0, 0.05) is 44.2 Å². The molecule has 0 saturated carbocycles. The minimum Gasteiger partial charge on any atom is -0.506 e. The highest BCUT2D eigenvalue weighted by Crippen LogP contribution is 2.39. The molecule has 2 atom stereocenters. The molecule has 9 rings (SSSR count). The fourth-order valence-corrected chi connectivity index (χ4v) is 9.95. The summed E-state index contributed by atoms with van der Waals surface area (Å²) in [5.41, 5.74) is 3.48. The van der Waals surface area contributed by atoms with E-state index in [2.05, 4.69) is 9.88 Å². The van der Waals surface area contributed by atoms with Crippen LogP contribution in [0.2, 0.25) is 0 Å². The molecule has 0 spiro atoms. The number of amides is 2. The summed E-state index contributed by atoms with van der Waals surface area (Å²) >= 11 is 0. The number of hydrogen-bond donors (Lipinski definition) is 3. The van der Waals surface area contributed by atoms with Crippen LogP contribution in [-0.4, -0.2) is 100 Å². The lowest BCUT2D eigenvalue weighted by Gasteiger charge is -2.46. The maximum atomic E-state index is 14.1. The molecule has 64 heavy (non-hydrogen) atoms. The number of phenolic OH excluding ortho intramolecular Hbond substituents is 1. The average molecular weight is 869 g/mol. The van der Waals surface area contributed by atoms with Crippen molar-refractivity contribution in [2.45, 2.75) is 88.4 Å². The number of phenols is 1. The van der Waals surface area contributed by atoms with Gasteiger partial charge in [0.25, 0.3) is 0 Å². The third kappa shape index (κ3) is 10.3. The molecule has 5 heterocycles. The largest absolute Gasteiger partial charge is 0.506 e. The topological polar surface area (TPSA) is 153 Å². The van der Waals surface area contributed by atoms with Crippen LogP contribution < -0.4 is 10.3 Å². The van der Waals surface area contributed by atoms with Crippen molar-refractivity contribution < 1.29 is 34.1 Å². The van der Waals surface area contributed by atoms with Crippen molar-refractivity contribution in [2.75, 3.05) is 46.4 Å². The van der Waals surface area contributed by atoms with Crippen LogP contribution in [0.25, 0.3) is 10.9 Å². The van der Waals surface area contributed by atoms with E-state index in [-0.39, 0.29) is 48.0 Å². The number of methoxy groups -OCH3 is 1. The molecule has 1 aromatic heterocycles. The van der Waals surface area contributed by atoms with E-state index in [1.807, 2.05) is 88.7 Å². The van der Waals surface area contributed by atoms with Crippen molar-refractivity contribution in [3.8, 4) is 11.5 Å². The zero-order valence-corrected chi connectivity index (χ0v) is 36.8. The molecule has 4 aliphatic rings. The van der Waals surface area contributed by atoms with Crippen LogP contribution >= 0.6 is 0 Å². The number of pyridine rings is 1. The third-order valence-electron chi connectivity index (χ3n) is 13.8. The maximum Gasteiger partial charge on any atom is 0.317 e. The molecule has 2 amide bonds. The van der Waals surface area contributed by atoms with Gasteiger partial charge in [-0.2, -0.15) is 0 Å². The predicted molar refractivity (Wildman–Crippen MR) is 245 cm³/mol.